The van der Waals surface area contributed by atoms with Gasteiger partial charge in [0.1, 0.15) is 0 Å². The number of hydrogen-bond donors (Lipinski definition) is 1. The molecule has 0 radical (unpaired) electrons. The molecular weight excluding hydrogens is 270 g/mol. The Balaban J connectivity index is 1.91. The Labute approximate surface area is 120 Å². The summed E-state index contributed by atoms with van der Waals surface area (Å²) in [5, 5.41) is 0. The molecule has 0 aliphatic carbocycles. The van der Waals surface area contributed by atoms with Gasteiger partial charge >= 0.3 is 0 Å². The minimum absolute atomic E-state index is 0.0459. The largest absolute Gasteiger partial charge is 0.366 e. The lowest BCUT2D eigenvalue weighted by Crippen LogP contribution is -2.10. The quantitative estimate of drug-likeness (QED) is 0.860. The Morgan fingerprint density at radius 3 is 2.40 bits per heavy atom. The van der Waals surface area contributed by atoms with E-state index in [9.17, 15) is 9.59 Å². The monoisotopic (exact) mass is 281 g/mol. The van der Waals surface area contributed by atoms with E-state index in [1.807, 2.05) is 30.3 Å². The molecule has 98 valence electrons. The topological polar surface area (TPSA) is 60.2 Å². The highest BCUT2D eigenvalue weighted by Crippen LogP contribution is 2.40. The third-order valence-corrected chi connectivity index (χ3v) is 4.17. The maximum absolute atomic E-state index is 12.2. The van der Waals surface area contributed by atoms with Crippen LogP contribution in [-0.2, 0) is 0 Å². The fraction of sp³-hybridized carbons (Fsp3) is 0. The van der Waals surface area contributed by atoms with Crippen molar-refractivity contribution in [2.45, 2.75) is 4.90 Å². The molecule has 0 saturated carbocycles. The second kappa shape index (κ2) is 4.98. The summed E-state index contributed by atoms with van der Waals surface area (Å²) in [6, 6.07) is 14.4. The molecule has 2 aromatic rings. The number of carbonyl (C=O) groups is 2. The highest BCUT2D eigenvalue weighted by Gasteiger charge is 2.24. The number of allylic oxidation sites excluding steroid dienone is 1. The second-order valence-electron chi connectivity index (χ2n) is 4.42. The molecule has 0 aromatic heterocycles. The molecule has 1 amide bonds. The standard InChI is InChI=1S/C16H11NO2S/c17-16(19)11-7-5-10(6-8-11)9-14-15(18)12-3-1-2-4-13(12)20-14/h1-9H,(H2,17,19)/b14-9+. The molecule has 3 nitrogen and oxygen atoms in total. The van der Waals surface area contributed by atoms with Crippen LogP contribution < -0.4 is 5.73 Å². The van der Waals surface area contributed by atoms with E-state index in [4.69, 9.17) is 5.73 Å². The van der Waals surface area contributed by atoms with Crippen LogP contribution in [0.1, 0.15) is 26.3 Å². The molecule has 20 heavy (non-hydrogen) atoms. The maximum Gasteiger partial charge on any atom is 0.248 e. The number of benzene rings is 2. The van der Waals surface area contributed by atoms with Crippen molar-refractivity contribution in [3.8, 4) is 0 Å². The highest BCUT2D eigenvalue weighted by molar-refractivity contribution is 8.04. The summed E-state index contributed by atoms with van der Waals surface area (Å²) in [5.74, 6) is -0.410. The van der Waals surface area contributed by atoms with Gasteiger partial charge in [-0.15, -0.1) is 0 Å². The van der Waals surface area contributed by atoms with Gasteiger partial charge in [0.25, 0.3) is 0 Å². The molecule has 2 N–H and O–H groups in total. The number of Topliss-reactive ketones (excluding diaryl/α,β-unsaturated/α-hetero) is 1. The molecule has 1 heterocycles. The Bertz CT molecular complexity index is 732. The summed E-state index contributed by atoms with van der Waals surface area (Å²) >= 11 is 1.47. The first kappa shape index (κ1) is 12.7. The lowest BCUT2D eigenvalue weighted by Gasteiger charge is -1.98. The molecule has 1 aliphatic heterocycles. The number of primary amides is 1. The first-order valence-electron chi connectivity index (χ1n) is 6.08. The number of nitrogens with two attached hydrogens (primary N) is 1. The van der Waals surface area contributed by atoms with Gasteiger partial charge in [0, 0.05) is 16.0 Å². The summed E-state index contributed by atoms with van der Waals surface area (Å²) in [7, 11) is 0. The average Bonchev–Trinajstić information content (AvgIpc) is 2.77. The van der Waals surface area contributed by atoms with Crippen molar-refractivity contribution >= 4 is 29.5 Å². The molecule has 0 atom stereocenters. The number of fused-ring (bicyclic) bond motifs is 1. The Morgan fingerprint density at radius 2 is 1.75 bits per heavy atom. The molecule has 0 bridgehead atoms. The SMILES string of the molecule is NC(=O)c1ccc(/C=C2/Sc3ccccc3C2=O)cc1. The molecule has 4 heteroatoms. The Hall–Kier alpha value is -2.33. The molecule has 2 aromatic carbocycles. The number of rotatable bonds is 2. The Kier molecular flexibility index (Phi) is 3.16. The van der Waals surface area contributed by atoms with Crippen LogP contribution in [0.4, 0.5) is 0 Å². The molecule has 3 rings (SSSR count). The van der Waals surface area contributed by atoms with Crippen LogP contribution in [0.3, 0.4) is 0 Å². The minimum Gasteiger partial charge on any atom is -0.366 e. The van der Waals surface area contributed by atoms with Gasteiger partial charge in [0.2, 0.25) is 11.7 Å². The molecular formula is C16H11NO2S. The van der Waals surface area contributed by atoms with E-state index < -0.39 is 5.91 Å². The van der Waals surface area contributed by atoms with Crippen LogP contribution in [0.25, 0.3) is 6.08 Å². The van der Waals surface area contributed by atoms with E-state index in [0.29, 0.717) is 10.5 Å². The summed E-state index contributed by atoms with van der Waals surface area (Å²) in [4.78, 5) is 24.9. The predicted octanol–water partition coefficient (Wildman–Crippen LogP) is 3.12. The molecule has 0 saturated heterocycles. The van der Waals surface area contributed by atoms with Crippen LogP contribution in [0.15, 0.2) is 58.3 Å². The van der Waals surface area contributed by atoms with E-state index in [1.54, 1.807) is 24.3 Å². The zero-order valence-electron chi connectivity index (χ0n) is 10.5. The highest BCUT2D eigenvalue weighted by atomic mass is 32.2. The Morgan fingerprint density at radius 1 is 1.05 bits per heavy atom. The van der Waals surface area contributed by atoms with E-state index in [-0.39, 0.29) is 5.78 Å². The summed E-state index contributed by atoms with van der Waals surface area (Å²) in [5.41, 5.74) is 7.27. The van der Waals surface area contributed by atoms with Crippen molar-refractivity contribution < 1.29 is 9.59 Å². The van der Waals surface area contributed by atoms with Gasteiger partial charge in [0.15, 0.2) is 0 Å². The maximum atomic E-state index is 12.2. The molecule has 0 fully saturated rings. The van der Waals surface area contributed by atoms with E-state index in [1.165, 1.54) is 11.8 Å². The van der Waals surface area contributed by atoms with Crippen LogP contribution in [0.5, 0.6) is 0 Å². The lowest BCUT2D eigenvalue weighted by atomic mass is 10.1. The average molecular weight is 281 g/mol. The lowest BCUT2D eigenvalue weighted by molar-refractivity contribution is 0.0998. The fourth-order valence-corrected chi connectivity index (χ4v) is 3.08. The van der Waals surface area contributed by atoms with Gasteiger partial charge in [-0.25, -0.2) is 0 Å². The smallest absolute Gasteiger partial charge is 0.248 e. The van der Waals surface area contributed by atoms with E-state index >= 15 is 0 Å². The number of thioether (sulfide) groups is 1. The third kappa shape index (κ3) is 2.26. The summed E-state index contributed by atoms with van der Waals surface area (Å²) < 4.78 is 0. The van der Waals surface area contributed by atoms with Crippen LogP contribution >= 0.6 is 11.8 Å². The molecule has 1 aliphatic rings. The van der Waals surface area contributed by atoms with Crippen molar-refractivity contribution in [3.05, 3.63) is 70.1 Å². The van der Waals surface area contributed by atoms with Crippen LogP contribution in [-0.4, -0.2) is 11.7 Å². The fourth-order valence-electron chi connectivity index (χ4n) is 2.03. The zero-order chi connectivity index (χ0) is 14.1. The second-order valence-corrected chi connectivity index (χ2v) is 5.51. The predicted molar refractivity (Wildman–Crippen MR) is 79.6 cm³/mol. The first-order chi connectivity index (χ1) is 9.65. The van der Waals surface area contributed by atoms with Gasteiger partial charge in [0.05, 0.1) is 4.91 Å². The molecule has 0 spiro atoms. The summed E-state index contributed by atoms with van der Waals surface area (Å²) in [6.45, 7) is 0. The number of ketones is 1. The summed E-state index contributed by atoms with van der Waals surface area (Å²) in [6.07, 6.45) is 1.83. The van der Waals surface area contributed by atoms with Crippen molar-refractivity contribution in [2.24, 2.45) is 5.73 Å². The van der Waals surface area contributed by atoms with Crippen molar-refractivity contribution in [1.29, 1.82) is 0 Å². The number of carbonyl (C=O) groups excluding carboxylic acids is 2. The van der Waals surface area contributed by atoms with Crippen molar-refractivity contribution in [1.82, 2.24) is 0 Å². The number of hydrogen-bond acceptors (Lipinski definition) is 3. The van der Waals surface area contributed by atoms with Gasteiger partial charge in [-0.1, -0.05) is 36.0 Å². The zero-order valence-corrected chi connectivity index (χ0v) is 11.3. The van der Waals surface area contributed by atoms with Crippen molar-refractivity contribution in [3.63, 3.8) is 0 Å². The van der Waals surface area contributed by atoms with E-state index in [0.717, 1.165) is 16.0 Å². The first-order valence-corrected chi connectivity index (χ1v) is 6.90. The normalized spacial score (nSPS) is 15.4. The van der Waals surface area contributed by atoms with Gasteiger partial charge in [-0.05, 0) is 35.9 Å². The molecule has 0 unspecified atom stereocenters. The minimum atomic E-state index is -0.456. The third-order valence-electron chi connectivity index (χ3n) is 3.07. The van der Waals surface area contributed by atoms with Crippen molar-refractivity contribution in [2.75, 3.05) is 0 Å². The van der Waals surface area contributed by atoms with Crippen LogP contribution in [0.2, 0.25) is 0 Å². The number of amides is 1. The van der Waals surface area contributed by atoms with E-state index in [2.05, 4.69) is 0 Å². The van der Waals surface area contributed by atoms with Gasteiger partial charge in [-0.2, -0.15) is 0 Å². The van der Waals surface area contributed by atoms with Gasteiger partial charge in [-0.3, -0.25) is 9.59 Å². The van der Waals surface area contributed by atoms with Crippen LogP contribution in [0, 0.1) is 0 Å². The van der Waals surface area contributed by atoms with Gasteiger partial charge < -0.3 is 5.73 Å².